The van der Waals surface area contributed by atoms with Crippen LogP contribution in [0.3, 0.4) is 0 Å². The van der Waals surface area contributed by atoms with E-state index in [2.05, 4.69) is 0 Å². The van der Waals surface area contributed by atoms with E-state index < -0.39 is 9.85 Å². The van der Waals surface area contributed by atoms with E-state index in [9.17, 15) is 8.50 Å². The Labute approximate surface area is 31.2 Å². The molecule has 0 aromatic carbocycles. The van der Waals surface area contributed by atoms with Gasteiger partial charge in [0.15, 0.2) is 5.54 Å². The Kier molecular flexibility index (Phi) is 3.37. The molecular weight excluding hydrogens is 90.1 g/mol. The maximum Gasteiger partial charge on any atom is 0.840 e. The molecule has 0 unspecified atom stereocenters. The van der Waals surface area contributed by atoms with E-state index in [1.54, 1.807) is 5.54 Å². The molecular formula is C2F2Si+. The van der Waals surface area contributed by atoms with Crippen LogP contribution in [0.1, 0.15) is 0 Å². The lowest BCUT2D eigenvalue weighted by atomic mass is 11.3. The molecule has 0 spiro atoms. The summed E-state index contributed by atoms with van der Waals surface area (Å²) < 4.78 is 21.0. The zero-order valence-corrected chi connectivity index (χ0v) is 3.26. The van der Waals surface area contributed by atoms with Crippen molar-refractivity contribution in [3.63, 3.8) is 0 Å². The molecule has 0 rings (SSSR count). The minimum atomic E-state index is -1.08. The van der Waals surface area contributed by atoms with Gasteiger partial charge in [-0.25, -0.2) is 0 Å². The van der Waals surface area contributed by atoms with E-state index in [0.29, 0.717) is 0 Å². The molecule has 0 nitrogen and oxygen atoms in total. The lowest BCUT2D eigenvalue weighted by molar-refractivity contribution is 0.773. The number of halogens is 2. The zero-order valence-electron chi connectivity index (χ0n) is 2.26. The molecule has 0 bridgehead atoms. The van der Waals surface area contributed by atoms with E-state index in [1.165, 1.54) is 0 Å². The SMILES string of the molecule is FC#C[Si+]F. The van der Waals surface area contributed by atoms with Gasteiger partial charge in [0.2, 0.25) is 0 Å². The Morgan fingerprint density at radius 2 is 2.20 bits per heavy atom. The van der Waals surface area contributed by atoms with Gasteiger partial charge in [-0.3, -0.25) is 0 Å². The van der Waals surface area contributed by atoms with Crippen LogP contribution in [0.25, 0.3) is 0 Å². The Bertz CT molecular complexity index is 59.8. The van der Waals surface area contributed by atoms with Gasteiger partial charge in [0.25, 0.3) is 0 Å². The van der Waals surface area contributed by atoms with Gasteiger partial charge in [0, 0.05) is 0 Å². The first-order valence-electron chi connectivity index (χ1n) is 0.878. The molecule has 1 radical (unpaired) electrons. The fourth-order valence-corrected chi connectivity index (χ4v) is 0.0536. The highest BCUT2D eigenvalue weighted by Crippen LogP contribution is 1.53. The molecule has 0 saturated carbocycles. The first kappa shape index (κ1) is 4.64. The van der Waals surface area contributed by atoms with Crippen LogP contribution in [0.15, 0.2) is 0 Å². The van der Waals surface area contributed by atoms with Crippen LogP contribution in [0.2, 0.25) is 0 Å². The topological polar surface area (TPSA) is 0 Å². The van der Waals surface area contributed by atoms with E-state index in [4.69, 9.17) is 0 Å². The predicted molar refractivity (Wildman–Crippen MR) is 15.7 cm³/mol. The second-order valence-corrected chi connectivity index (χ2v) is 0.753. The maximum absolute atomic E-state index is 10.6. The normalized spacial score (nSPS) is 4.40. The minimum Gasteiger partial charge on any atom is -0.141 e. The molecule has 0 aliphatic carbocycles. The molecule has 0 fully saturated rings. The smallest absolute Gasteiger partial charge is 0.141 e. The average Bonchev–Trinajstić information content (AvgIpc) is 1.41. The van der Waals surface area contributed by atoms with Gasteiger partial charge >= 0.3 is 9.85 Å². The van der Waals surface area contributed by atoms with E-state index in [-0.39, 0.29) is 0 Å². The second kappa shape index (κ2) is 3.64. The summed E-state index contributed by atoms with van der Waals surface area (Å²) in [6.45, 7) is 0. The molecule has 0 aliphatic rings. The van der Waals surface area contributed by atoms with Gasteiger partial charge in [-0.05, 0) is 4.11 Å². The largest absolute Gasteiger partial charge is 0.840 e. The number of hydrogen-bond donors (Lipinski definition) is 0. The van der Waals surface area contributed by atoms with Crippen molar-refractivity contribution in [1.29, 1.82) is 0 Å². The van der Waals surface area contributed by atoms with Crippen LogP contribution < -0.4 is 0 Å². The second-order valence-electron chi connectivity index (χ2n) is 0.314. The van der Waals surface area contributed by atoms with Gasteiger partial charge < -0.3 is 0 Å². The summed E-state index contributed by atoms with van der Waals surface area (Å²) in [7, 11) is -1.08. The van der Waals surface area contributed by atoms with Gasteiger partial charge in [-0.2, -0.15) is 0 Å². The molecule has 3 heteroatoms. The maximum atomic E-state index is 10.6. The lowest BCUT2D eigenvalue weighted by Crippen LogP contribution is -1.62. The van der Waals surface area contributed by atoms with Crippen LogP contribution >= 0.6 is 0 Å². The van der Waals surface area contributed by atoms with Gasteiger partial charge in [0.1, 0.15) is 6.17 Å². The molecule has 0 amide bonds. The third-order valence-corrected chi connectivity index (χ3v) is 0.283. The van der Waals surface area contributed by atoms with Crippen molar-refractivity contribution in [2.45, 2.75) is 0 Å². The molecule has 0 aliphatic heterocycles. The van der Waals surface area contributed by atoms with Crippen molar-refractivity contribution in [3.05, 3.63) is 0 Å². The summed E-state index contributed by atoms with van der Waals surface area (Å²) in [5, 5.41) is 0. The van der Waals surface area contributed by atoms with Crippen molar-refractivity contribution in [2.24, 2.45) is 0 Å². The van der Waals surface area contributed by atoms with Gasteiger partial charge in [-0.15, -0.1) is 4.39 Å². The highest BCUT2D eigenvalue weighted by molar-refractivity contribution is 6.37. The Balaban J connectivity index is 2.81. The highest BCUT2D eigenvalue weighted by Gasteiger charge is 1.98. The quantitative estimate of drug-likeness (QED) is 0.230. The summed E-state index contributed by atoms with van der Waals surface area (Å²) in [5.74, 6) is 0. The first-order valence-corrected chi connectivity index (χ1v) is 1.76. The Hall–Kier alpha value is -0.363. The summed E-state index contributed by atoms with van der Waals surface area (Å²) in [5.41, 5.74) is 1.56. The summed E-state index contributed by atoms with van der Waals surface area (Å²) in [6.07, 6.45) is 0.905. The molecule has 0 saturated heterocycles. The fourth-order valence-electron chi connectivity index (χ4n) is 0.0179. The van der Waals surface area contributed by atoms with E-state index in [0.717, 1.165) is 6.17 Å². The van der Waals surface area contributed by atoms with Crippen LogP contribution in [0.5, 0.6) is 0 Å². The van der Waals surface area contributed by atoms with Crippen LogP contribution in [0, 0.1) is 11.7 Å². The summed E-state index contributed by atoms with van der Waals surface area (Å²) in [6, 6.07) is 0. The van der Waals surface area contributed by atoms with Gasteiger partial charge in [0.05, 0.1) is 0 Å². The van der Waals surface area contributed by atoms with Gasteiger partial charge in [-0.1, -0.05) is 0 Å². The van der Waals surface area contributed by atoms with Crippen molar-refractivity contribution >= 4 is 9.85 Å². The van der Waals surface area contributed by atoms with Crippen LogP contribution in [-0.4, -0.2) is 9.85 Å². The molecule has 0 N–H and O–H groups in total. The van der Waals surface area contributed by atoms with Crippen molar-refractivity contribution in [2.75, 3.05) is 0 Å². The molecule has 25 valence electrons. The predicted octanol–water partition coefficient (Wildman–Crippen LogP) is 0.463. The number of hydrogen-bond acceptors (Lipinski definition) is 0. The van der Waals surface area contributed by atoms with Crippen LogP contribution in [0.4, 0.5) is 8.50 Å². The molecule has 5 heavy (non-hydrogen) atoms. The highest BCUT2D eigenvalue weighted by atomic mass is 28.3. The van der Waals surface area contributed by atoms with Crippen molar-refractivity contribution in [3.8, 4) is 11.7 Å². The monoisotopic (exact) mass is 90.0 g/mol. The van der Waals surface area contributed by atoms with Crippen LogP contribution in [-0.2, 0) is 0 Å². The molecule has 0 aromatic rings. The summed E-state index contributed by atoms with van der Waals surface area (Å²) >= 11 is 0. The first-order chi connectivity index (χ1) is 2.41. The average molecular weight is 90.1 g/mol. The lowest BCUT2D eigenvalue weighted by Gasteiger charge is -1.26. The van der Waals surface area contributed by atoms with E-state index in [1.807, 2.05) is 0 Å². The number of rotatable bonds is 0. The molecule has 0 atom stereocenters. The fraction of sp³-hybridized carbons (Fsp3) is 0. The third kappa shape index (κ3) is 3.64. The molecule has 0 heterocycles. The Morgan fingerprint density at radius 3 is 2.20 bits per heavy atom. The zero-order chi connectivity index (χ0) is 4.12. The molecule has 0 aromatic heterocycles. The van der Waals surface area contributed by atoms with Crippen molar-refractivity contribution < 1.29 is 8.50 Å². The summed E-state index contributed by atoms with van der Waals surface area (Å²) in [4.78, 5) is 0. The standard InChI is InChI=1S/C2F2Si/c3-1-2-5-4/q+1. The van der Waals surface area contributed by atoms with Crippen molar-refractivity contribution in [1.82, 2.24) is 0 Å². The Morgan fingerprint density at radius 1 is 1.60 bits per heavy atom. The van der Waals surface area contributed by atoms with E-state index >= 15 is 0 Å². The minimum absolute atomic E-state index is 0.905. The third-order valence-electron chi connectivity index (χ3n) is 0.0945.